The largest absolute Gasteiger partial charge is 0.309 e. The summed E-state index contributed by atoms with van der Waals surface area (Å²) in [5, 5.41) is 4.55. The van der Waals surface area contributed by atoms with E-state index in [1.165, 1.54) is 10.8 Å². The summed E-state index contributed by atoms with van der Waals surface area (Å²) in [5.74, 6) is 0.560. The van der Waals surface area contributed by atoms with Gasteiger partial charge in [-0.2, -0.15) is 0 Å². The summed E-state index contributed by atoms with van der Waals surface area (Å²) >= 11 is 0. The Kier molecular flexibility index (Phi) is 7.25. The third kappa shape index (κ3) is 5.90. The Morgan fingerprint density at radius 3 is 1.45 bits per heavy atom. The zero-order chi connectivity index (χ0) is 45.3. The highest BCUT2D eigenvalue weighted by Crippen LogP contribution is 2.42. The van der Waals surface area contributed by atoms with Crippen LogP contribution in [-0.2, 0) is 0 Å². The molecule has 0 atom stereocenters. The van der Waals surface area contributed by atoms with E-state index in [1.54, 1.807) is 0 Å². The first-order valence-corrected chi connectivity index (χ1v) is 20.5. The first-order chi connectivity index (χ1) is 32.8. The molecule has 0 N–H and O–H groups in total. The van der Waals surface area contributed by atoms with Crippen molar-refractivity contribution in [1.82, 2.24) is 24.1 Å². The molecule has 62 heavy (non-hydrogen) atoms. The van der Waals surface area contributed by atoms with Gasteiger partial charge in [0, 0.05) is 43.8 Å². The van der Waals surface area contributed by atoms with E-state index in [0.29, 0.717) is 17.0 Å². The Morgan fingerprint density at radius 1 is 0.323 bits per heavy atom. The van der Waals surface area contributed by atoms with Gasteiger partial charge in [0.1, 0.15) is 0 Å². The highest BCUT2D eigenvalue weighted by atomic mass is 15.0. The van der Waals surface area contributed by atoms with Crippen molar-refractivity contribution in [2.45, 2.75) is 0 Å². The third-order valence-electron chi connectivity index (χ3n) is 11.7. The smallest absolute Gasteiger partial charge is 0.164 e. The summed E-state index contributed by atoms with van der Waals surface area (Å²) in [6.07, 6.45) is 0. The highest BCUT2D eigenvalue weighted by Gasteiger charge is 2.22. The van der Waals surface area contributed by atoms with Crippen molar-refractivity contribution in [2.24, 2.45) is 0 Å². The second-order valence-corrected chi connectivity index (χ2v) is 15.2. The van der Waals surface area contributed by atoms with Crippen LogP contribution in [-0.4, -0.2) is 24.1 Å². The molecular weight excluding hydrogens is 755 g/mol. The minimum atomic E-state index is -0.488. The van der Waals surface area contributed by atoms with E-state index < -0.39 is 30.2 Å². The van der Waals surface area contributed by atoms with Crippen molar-refractivity contribution in [3.05, 3.63) is 224 Å². The van der Waals surface area contributed by atoms with Crippen LogP contribution in [0.1, 0.15) is 6.85 Å². The molecule has 0 saturated heterocycles. The second kappa shape index (κ2) is 14.7. The third-order valence-corrected chi connectivity index (χ3v) is 11.7. The number of fused-ring (bicyclic) bond motifs is 6. The van der Waals surface area contributed by atoms with Crippen LogP contribution in [0, 0.1) is 0 Å². The molecule has 0 saturated carbocycles. The Hall–Kier alpha value is -8.41. The molecule has 3 aromatic heterocycles. The summed E-state index contributed by atoms with van der Waals surface area (Å²) in [4.78, 5) is 14.9. The van der Waals surface area contributed by atoms with E-state index in [0.717, 1.165) is 66.5 Å². The molecule has 0 bridgehead atoms. The van der Waals surface area contributed by atoms with Crippen LogP contribution >= 0.6 is 0 Å². The fourth-order valence-electron chi connectivity index (χ4n) is 8.90. The van der Waals surface area contributed by atoms with Crippen LogP contribution in [0.4, 0.5) is 0 Å². The monoisotopic (exact) mass is 796 g/mol. The lowest BCUT2D eigenvalue weighted by Crippen LogP contribution is -2.02. The summed E-state index contributed by atoms with van der Waals surface area (Å²) < 4.78 is 47.9. The molecule has 0 amide bonds. The van der Waals surface area contributed by atoms with Crippen LogP contribution in [0.2, 0.25) is 0 Å². The van der Waals surface area contributed by atoms with Gasteiger partial charge in [0.05, 0.1) is 40.3 Å². The van der Waals surface area contributed by atoms with Gasteiger partial charge in [-0.15, -0.1) is 0 Å². The molecule has 12 aromatic rings. The van der Waals surface area contributed by atoms with Crippen molar-refractivity contribution in [3.8, 4) is 67.8 Å². The number of hydrogen-bond donors (Lipinski definition) is 0. The van der Waals surface area contributed by atoms with Crippen LogP contribution in [0.15, 0.2) is 224 Å². The summed E-state index contributed by atoms with van der Waals surface area (Å²) in [6.45, 7) is 0. The van der Waals surface area contributed by atoms with Gasteiger partial charge in [-0.3, -0.25) is 0 Å². The summed E-state index contributed by atoms with van der Waals surface area (Å²) in [7, 11) is 0. The molecule has 3 heterocycles. The maximum absolute atomic E-state index is 8.93. The van der Waals surface area contributed by atoms with Crippen LogP contribution in [0.3, 0.4) is 0 Å². The lowest BCUT2D eigenvalue weighted by Gasteiger charge is -2.17. The Labute approximate surface area is 365 Å². The van der Waals surface area contributed by atoms with Crippen molar-refractivity contribution in [2.75, 3.05) is 0 Å². The topological polar surface area (TPSA) is 48.5 Å². The molecule has 5 nitrogen and oxygen atoms in total. The maximum atomic E-state index is 8.93. The number of nitrogens with zero attached hydrogens (tertiary/aromatic N) is 5. The Bertz CT molecular complexity index is 3840. The maximum Gasteiger partial charge on any atom is 0.164 e. The summed E-state index contributed by atoms with van der Waals surface area (Å²) in [5.41, 5.74) is 11.5. The van der Waals surface area contributed by atoms with Crippen LogP contribution in [0.5, 0.6) is 0 Å². The van der Waals surface area contributed by atoms with Crippen LogP contribution in [0.25, 0.3) is 111 Å². The first-order valence-electron chi connectivity index (χ1n) is 23.0. The highest BCUT2D eigenvalue weighted by molar-refractivity contribution is 6.16. The number of para-hydroxylation sites is 3. The number of benzene rings is 9. The zero-order valence-electron chi connectivity index (χ0n) is 38.2. The standard InChI is InChI=1S/C57H37N5/c1-4-17-38(18-5-1)39-31-33-42(34-32-39)56-58-55(41-21-8-3-9-22-41)59-57(60-56)43-35-36-44(40-19-6-2-7-20-40)53(37-43)62-50-28-15-12-25-47(50)54-51(29-16-30-52(54)62)61-48-26-13-10-23-45(48)46-24-11-14-27-49(46)61/h1-37H/i3D,8D,9D,21D,22D. The molecule has 9 aromatic carbocycles. The zero-order valence-corrected chi connectivity index (χ0v) is 33.2. The minimum Gasteiger partial charge on any atom is -0.309 e. The molecule has 0 radical (unpaired) electrons. The molecular formula is C57H37N5. The molecule has 0 aliphatic rings. The van der Waals surface area contributed by atoms with Gasteiger partial charge in [0.25, 0.3) is 0 Å². The van der Waals surface area contributed by atoms with Crippen molar-refractivity contribution in [3.63, 3.8) is 0 Å². The molecule has 0 unspecified atom stereocenters. The van der Waals surface area contributed by atoms with E-state index in [9.17, 15) is 0 Å². The number of aromatic nitrogens is 5. The average molecular weight is 797 g/mol. The summed E-state index contributed by atoms with van der Waals surface area (Å²) in [6, 6.07) is 64.3. The van der Waals surface area contributed by atoms with Gasteiger partial charge in [0.15, 0.2) is 17.5 Å². The van der Waals surface area contributed by atoms with E-state index in [2.05, 4.69) is 124 Å². The predicted octanol–water partition coefficient (Wildman–Crippen LogP) is 14.4. The van der Waals surface area contributed by atoms with E-state index in [4.69, 9.17) is 21.8 Å². The van der Waals surface area contributed by atoms with Crippen LogP contribution < -0.4 is 0 Å². The van der Waals surface area contributed by atoms with Gasteiger partial charge in [-0.05, 0) is 53.1 Å². The molecule has 0 fully saturated rings. The fourth-order valence-corrected chi connectivity index (χ4v) is 8.90. The minimum absolute atomic E-state index is 0.0227. The molecule has 290 valence electrons. The van der Waals surface area contributed by atoms with E-state index >= 15 is 0 Å². The Balaban J connectivity index is 1.12. The van der Waals surface area contributed by atoms with Gasteiger partial charge < -0.3 is 9.13 Å². The van der Waals surface area contributed by atoms with Crippen molar-refractivity contribution in [1.29, 1.82) is 0 Å². The lowest BCUT2D eigenvalue weighted by molar-refractivity contribution is 1.07. The van der Waals surface area contributed by atoms with Crippen molar-refractivity contribution < 1.29 is 6.85 Å². The molecule has 0 aliphatic carbocycles. The fraction of sp³-hybridized carbons (Fsp3) is 0. The normalized spacial score (nSPS) is 12.7. The first kappa shape index (κ1) is 30.6. The van der Waals surface area contributed by atoms with Gasteiger partial charge in [-0.25, -0.2) is 15.0 Å². The number of rotatable bonds is 7. The van der Waals surface area contributed by atoms with Crippen molar-refractivity contribution >= 4 is 43.6 Å². The predicted molar refractivity (Wildman–Crippen MR) is 256 cm³/mol. The quantitative estimate of drug-likeness (QED) is 0.161. The second-order valence-electron chi connectivity index (χ2n) is 15.2. The molecule has 0 spiro atoms. The Morgan fingerprint density at radius 2 is 0.790 bits per heavy atom. The molecule has 12 rings (SSSR count). The van der Waals surface area contributed by atoms with Gasteiger partial charge in [0.2, 0.25) is 0 Å². The van der Waals surface area contributed by atoms with Gasteiger partial charge in [-0.1, -0.05) is 188 Å². The van der Waals surface area contributed by atoms with E-state index in [-0.39, 0.29) is 17.2 Å². The average Bonchev–Trinajstić information content (AvgIpc) is 3.91. The molecule has 0 aliphatic heterocycles. The number of hydrogen-bond acceptors (Lipinski definition) is 3. The van der Waals surface area contributed by atoms with Gasteiger partial charge >= 0.3 is 0 Å². The SMILES string of the molecule is [2H]c1c([2H])c([2H])c(-c2nc(-c3ccc(-c4ccccc4)cc3)nc(-c3ccc(-c4ccccc4)c(-n4c5ccccc5c5c(-n6c7ccccc7c7ccccc76)cccc54)c3)n2)c([2H])c1[2H]. The van der Waals surface area contributed by atoms with E-state index in [1.807, 2.05) is 78.9 Å². The molecule has 5 heteroatoms. The lowest BCUT2D eigenvalue weighted by atomic mass is 10.0.